The number of thioether (sulfide) groups is 1. The van der Waals surface area contributed by atoms with Gasteiger partial charge in [0.05, 0.1) is 12.1 Å². The Morgan fingerprint density at radius 3 is 2.14 bits per heavy atom. The summed E-state index contributed by atoms with van der Waals surface area (Å²) in [6, 6.07) is -0.936. The first-order valence-electron chi connectivity index (χ1n) is 6.94. The van der Waals surface area contributed by atoms with Crippen LogP contribution < -0.4 is 5.73 Å². The van der Waals surface area contributed by atoms with E-state index >= 15 is 0 Å². The molecule has 21 heavy (non-hydrogen) atoms. The third-order valence-electron chi connectivity index (χ3n) is 3.78. The summed E-state index contributed by atoms with van der Waals surface area (Å²) in [7, 11) is 1.68. The van der Waals surface area contributed by atoms with Crippen molar-refractivity contribution in [1.29, 1.82) is 0 Å². The van der Waals surface area contributed by atoms with E-state index in [2.05, 4.69) is 0 Å². The van der Waals surface area contributed by atoms with Gasteiger partial charge in [0.2, 0.25) is 5.91 Å². The second-order valence-corrected chi connectivity index (χ2v) is 7.58. The van der Waals surface area contributed by atoms with Crippen LogP contribution in [-0.2, 0) is 9.59 Å². The molecule has 0 saturated heterocycles. The zero-order valence-corrected chi connectivity index (χ0v) is 14.8. The van der Waals surface area contributed by atoms with E-state index in [1.54, 1.807) is 18.0 Å². The van der Waals surface area contributed by atoms with Crippen LogP contribution in [0, 0.1) is 5.92 Å². The molecule has 6 heteroatoms. The first kappa shape index (κ1) is 20.0. The molecule has 0 aliphatic rings. The number of nitrogens with zero attached hydrogens (tertiary/aromatic N) is 1. The topological polar surface area (TPSA) is 83.6 Å². The van der Waals surface area contributed by atoms with Gasteiger partial charge in [0, 0.05) is 17.4 Å². The maximum atomic E-state index is 12.6. The van der Waals surface area contributed by atoms with Gasteiger partial charge in [-0.25, -0.2) is 4.79 Å². The molecule has 0 fully saturated rings. The highest BCUT2D eigenvalue weighted by molar-refractivity contribution is 8.00. The molecule has 0 aliphatic heterocycles. The molecule has 1 amide bonds. The summed E-state index contributed by atoms with van der Waals surface area (Å²) in [6.45, 7) is 9.28. The standard InChI is InChI=1S/C15H28N2O3S/c1-9(2)11(8-10(3)14(19)20)17(6)13(18)12(16)15(4,5)21-7/h8-9,11-12H,16H2,1-7H3,(H,19,20)/t11-,12-/m1/s1. The summed E-state index contributed by atoms with van der Waals surface area (Å²) >= 11 is 1.54. The van der Waals surface area contributed by atoms with Gasteiger partial charge in [-0.3, -0.25) is 4.79 Å². The monoisotopic (exact) mass is 316 g/mol. The fourth-order valence-electron chi connectivity index (χ4n) is 1.87. The molecule has 0 aromatic rings. The lowest BCUT2D eigenvalue weighted by molar-refractivity contribution is -0.135. The molecule has 2 atom stereocenters. The van der Waals surface area contributed by atoms with Crippen molar-refractivity contribution in [2.45, 2.75) is 51.4 Å². The molecule has 0 rings (SSSR count). The Balaban J connectivity index is 5.33. The molecule has 5 nitrogen and oxygen atoms in total. The van der Waals surface area contributed by atoms with E-state index in [0.717, 1.165) is 0 Å². The number of hydrogen-bond donors (Lipinski definition) is 2. The molecular weight excluding hydrogens is 288 g/mol. The van der Waals surface area contributed by atoms with Gasteiger partial charge in [0.1, 0.15) is 0 Å². The fourth-order valence-corrected chi connectivity index (χ4v) is 2.22. The van der Waals surface area contributed by atoms with Gasteiger partial charge in [0.15, 0.2) is 0 Å². The Bertz CT molecular complexity index is 419. The smallest absolute Gasteiger partial charge is 0.331 e. The van der Waals surface area contributed by atoms with Crippen molar-refractivity contribution in [3.8, 4) is 0 Å². The van der Waals surface area contributed by atoms with E-state index in [-0.39, 0.29) is 28.2 Å². The van der Waals surface area contributed by atoms with E-state index in [9.17, 15) is 9.59 Å². The lowest BCUT2D eigenvalue weighted by atomic mass is 9.97. The van der Waals surface area contributed by atoms with Crippen molar-refractivity contribution in [2.75, 3.05) is 13.3 Å². The Morgan fingerprint density at radius 2 is 1.81 bits per heavy atom. The molecular formula is C15H28N2O3S. The number of likely N-dealkylation sites (N-methyl/N-ethyl adjacent to an activating group) is 1. The van der Waals surface area contributed by atoms with Gasteiger partial charge in [-0.2, -0.15) is 11.8 Å². The molecule has 0 saturated carbocycles. The summed E-state index contributed by atoms with van der Waals surface area (Å²) in [5, 5.41) is 9.01. The lowest BCUT2D eigenvalue weighted by Crippen LogP contribution is -2.55. The van der Waals surface area contributed by atoms with Gasteiger partial charge >= 0.3 is 5.97 Å². The predicted molar refractivity (Wildman–Crippen MR) is 88.4 cm³/mol. The number of hydrogen-bond acceptors (Lipinski definition) is 4. The minimum absolute atomic E-state index is 0.0952. The highest BCUT2D eigenvalue weighted by Crippen LogP contribution is 2.26. The Labute approximate surface area is 131 Å². The van der Waals surface area contributed by atoms with Gasteiger partial charge in [-0.1, -0.05) is 19.9 Å². The first-order valence-corrected chi connectivity index (χ1v) is 8.17. The largest absolute Gasteiger partial charge is 0.478 e. The van der Waals surface area contributed by atoms with E-state index < -0.39 is 12.0 Å². The summed E-state index contributed by atoms with van der Waals surface area (Å²) < 4.78 is -0.377. The number of amides is 1. The van der Waals surface area contributed by atoms with Crippen molar-refractivity contribution < 1.29 is 14.7 Å². The average Bonchev–Trinajstić information content (AvgIpc) is 2.41. The molecule has 0 aromatic heterocycles. The van der Waals surface area contributed by atoms with Crippen molar-refractivity contribution in [3.05, 3.63) is 11.6 Å². The van der Waals surface area contributed by atoms with Crippen molar-refractivity contribution >= 4 is 23.6 Å². The maximum absolute atomic E-state index is 12.6. The minimum Gasteiger partial charge on any atom is -0.478 e. The molecule has 0 bridgehead atoms. The minimum atomic E-state index is -0.977. The number of carbonyl (C=O) groups is 2. The normalized spacial score (nSPS) is 15.8. The summed E-state index contributed by atoms with van der Waals surface area (Å²) in [4.78, 5) is 25.1. The summed E-state index contributed by atoms with van der Waals surface area (Å²) in [6.07, 6.45) is 3.53. The average molecular weight is 316 g/mol. The number of carbonyl (C=O) groups excluding carboxylic acids is 1. The highest BCUT2D eigenvalue weighted by atomic mass is 32.2. The van der Waals surface area contributed by atoms with Gasteiger partial charge < -0.3 is 15.7 Å². The Hall–Kier alpha value is -1.01. The Morgan fingerprint density at radius 1 is 1.33 bits per heavy atom. The zero-order valence-electron chi connectivity index (χ0n) is 14.0. The predicted octanol–water partition coefficient (Wildman–Crippen LogP) is 1.97. The maximum Gasteiger partial charge on any atom is 0.331 e. The van der Waals surface area contributed by atoms with Crippen LogP contribution in [0.5, 0.6) is 0 Å². The summed E-state index contributed by atoms with van der Waals surface area (Å²) in [5.74, 6) is -1.06. The molecule has 0 aromatic carbocycles. The molecule has 3 N–H and O–H groups in total. The number of carboxylic acid groups (broad SMARTS) is 1. The van der Waals surface area contributed by atoms with Crippen LogP contribution in [0.25, 0.3) is 0 Å². The van der Waals surface area contributed by atoms with Crippen LogP contribution in [0.15, 0.2) is 11.6 Å². The van der Waals surface area contributed by atoms with Crippen LogP contribution >= 0.6 is 11.8 Å². The second kappa shape index (κ2) is 7.84. The van der Waals surface area contributed by atoms with Crippen molar-refractivity contribution in [1.82, 2.24) is 4.90 Å². The third-order valence-corrected chi connectivity index (χ3v) is 5.08. The number of nitrogens with two attached hydrogens (primary N) is 1. The van der Waals surface area contributed by atoms with Gasteiger partial charge in [0.25, 0.3) is 0 Å². The summed E-state index contributed by atoms with van der Waals surface area (Å²) in [5.41, 5.74) is 6.31. The van der Waals surface area contributed by atoms with Gasteiger partial charge in [-0.15, -0.1) is 0 Å². The number of carboxylic acids is 1. The second-order valence-electron chi connectivity index (χ2n) is 6.12. The molecule has 0 heterocycles. The van der Waals surface area contributed by atoms with Crippen LogP contribution in [0.1, 0.15) is 34.6 Å². The van der Waals surface area contributed by atoms with Crippen molar-refractivity contribution in [3.63, 3.8) is 0 Å². The van der Waals surface area contributed by atoms with E-state index in [1.165, 1.54) is 18.7 Å². The SMILES string of the molecule is CSC(C)(C)[C@H](N)C(=O)N(C)[C@H](C=C(C)C(=O)O)C(C)C. The fraction of sp³-hybridized carbons (Fsp3) is 0.733. The molecule has 0 spiro atoms. The quantitative estimate of drug-likeness (QED) is 0.702. The van der Waals surface area contributed by atoms with Crippen LogP contribution in [0.2, 0.25) is 0 Å². The van der Waals surface area contributed by atoms with Crippen LogP contribution in [0.4, 0.5) is 0 Å². The number of rotatable bonds is 7. The third kappa shape index (κ3) is 5.36. The molecule has 0 aliphatic carbocycles. The van der Waals surface area contributed by atoms with Crippen molar-refractivity contribution in [2.24, 2.45) is 11.7 Å². The molecule has 0 unspecified atom stereocenters. The number of aliphatic carboxylic acids is 1. The van der Waals surface area contributed by atoms with E-state index in [0.29, 0.717) is 0 Å². The first-order chi connectivity index (χ1) is 9.45. The highest BCUT2D eigenvalue weighted by Gasteiger charge is 2.35. The van der Waals surface area contributed by atoms with Crippen LogP contribution in [-0.4, -0.2) is 52.0 Å². The van der Waals surface area contributed by atoms with Crippen LogP contribution in [0.3, 0.4) is 0 Å². The molecule has 0 radical (unpaired) electrons. The van der Waals surface area contributed by atoms with E-state index in [4.69, 9.17) is 10.8 Å². The zero-order chi connectivity index (χ0) is 17.0. The lowest BCUT2D eigenvalue weighted by Gasteiger charge is -2.36. The Kier molecular flexibility index (Phi) is 7.47. The van der Waals surface area contributed by atoms with E-state index in [1.807, 2.05) is 34.0 Å². The molecule has 122 valence electrons. The van der Waals surface area contributed by atoms with Gasteiger partial charge in [-0.05, 0) is 32.9 Å².